The zero-order valence-electron chi connectivity index (χ0n) is 19.8. The number of ether oxygens (including phenoxy) is 2. The molecular formula is C25H31N3O8. The molecule has 2 aromatic rings. The molecule has 0 fully saturated rings. The van der Waals surface area contributed by atoms with E-state index in [-0.39, 0.29) is 54.9 Å². The van der Waals surface area contributed by atoms with Gasteiger partial charge in [0.1, 0.15) is 11.6 Å². The van der Waals surface area contributed by atoms with Crippen LogP contribution in [0.5, 0.6) is 0 Å². The lowest BCUT2D eigenvalue weighted by molar-refractivity contribution is -0.125. The highest BCUT2D eigenvalue weighted by Gasteiger charge is 2.13. The number of nitrogens with two attached hydrogens (primary N) is 1. The summed E-state index contributed by atoms with van der Waals surface area (Å²) in [5, 5.41) is 5.12. The fourth-order valence-corrected chi connectivity index (χ4v) is 2.60. The first-order valence-corrected chi connectivity index (χ1v) is 10.2. The summed E-state index contributed by atoms with van der Waals surface area (Å²) >= 11 is 0. The van der Waals surface area contributed by atoms with Crippen LogP contribution in [0.15, 0.2) is 42.5 Å². The van der Waals surface area contributed by atoms with Gasteiger partial charge in [0.2, 0.25) is 11.8 Å². The van der Waals surface area contributed by atoms with E-state index in [9.17, 15) is 28.8 Å². The Morgan fingerprint density at radius 1 is 0.722 bits per heavy atom. The van der Waals surface area contributed by atoms with E-state index in [1.54, 1.807) is 24.3 Å². The summed E-state index contributed by atoms with van der Waals surface area (Å²) < 4.78 is 9.02. The SMILES string of the molecule is C.CC(=O)CC(=O)Nc1ccc(NC(=O)CC(C)=O)cc1.COC(=O)c1ccc(C(=O)OC)c(N)c1. The van der Waals surface area contributed by atoms with Gasteiger partial charge in [0.15, 0.2) is 0 Å². The van der Waals surface area contributed by atoms with Gasteiger partial charge < -0.3 is 25.8 Å². The number of nitrogens with one attached hydrogen (secondary N) is 2. The molecule has 0 aliphatic carbocycles. The Labute approximate surface area is 209 Å². The zero-order chi connectivity index (χ0) is 26.5. The van der Waals surface area contributed by atoms with Crippen LogP contribution in [0.2, 0.25) is 0 Å². The van der Waals surface area contributed by atoms with Crippen molar-refractivity contribution in [2.75, 3.05) is 30.6 Å². The Morgan fingerprint density at radius 3 is 1.47 bits per heavy atom. The van der Waals surface area contributed by atoms with Crippen LogP contribution in [0.3, 0.4) is 0 Å². The van der Waals surface area contributed by atoms with Crippen LogP contribution in [-0.4, -0.2) is 49.5 Å². The lowest BCUT2D eigenvalue weighted by Gasteiger charge is -2.07. The molecule has 0 atom stereocenters. The van der Waals surface area contributed by atoms with Gasteiger partial charge in [-0.25, -0.2) is 9.59 Å². The molecule has 0 saturated heterocycles. The van der Waals surface area contributed by atoms with E-state index in [1.165, 1.54) is 46.3 Å². The topological polar surface area (TPSA) is 171 Å². The number of methoxy groups -OCH3 is 2. The van der Waals surface area contributed by atoms with Crippen LogP contribution >= 0.6 is 0 Å². The standard InChI is InChI=1S/C14H16N2O4.C10H11NO4.CH4/c1-9(17)7-13(19)15-11-3-5-12(6-4-11)16-14(20)8-10(2)18;1-14-9(12)6-3-4-7(8(11)5-6)10(13)15-2;/h3-6H,7-8H2,1-2H3,(H,15,19)(H,16,20);3-5H,11H2,1-2H3;1H4. The molecule has 0 heterocycles. The Kier molecular flexibility index (Phi) is 13.4. The lowest BCUT2D eigenvalue weighted by Crippen LogP contribution is -2.16. The third-order valence-corrected chi connectivity index (χ3v) is 4.15. The van der Waals surface area contributed by atoms with Crippen LogP contribution in [0.1, 0.15) is 54.8 Å². The van der Waals surface area contributed by atoms with Gasteiger partial charge in [0.05, 0.1) is 38.2 Å². The number of rotatable bonds is 8. The molecule has 194 valence electrons. The largest absolute Gasteiger partial charge is 0.465 e. The molecule has 0 saturated carbocycles. The first-order chi connectivity index (χ1) is 16.5. The number of benzene rings is 2. The molecule has 2 amide bonds. The molecule has 0 aliphatic heterocycles. The molecule has 0 unspecified atom stereocenters. The molecule has 2 aromatic carbocycles. The number of nitrogen functional groups attached to an aromatic ring is 1. The summed E-state index contributed by atoms with van der Waals surface area (Å²) in [6.07, 6.45) is -0.339. The number of hydrogen-bond acceptors (Lipinski definition) is 9. The molecule has 4 N–H and O–H groups in total. The van der Waals surface area contributed by atoms with Crippen LogP contribution < -0.4 is 16.4 Å². The van der Waals surface area contributed by atoms with E-state index < -0.39 is 11.9 Å². The quantitative estimate of drug-likeness (QED) is 0.279. The molecule has 0 radical (unpaired) electrons. The highest BCUT2D eigenvalue weighted by molar-refractivity contribution is 6.05. The fourth-order valence-electron chi connectivity index (χ4n) is 2.60. The zero-order valence-corrected chi connectivity index (χ0v) is 19.8. The molecule has 11 nitrogen and oxygen atoms in total. The van der Waals surface area contributed by atoms with Crippen LogP contribution in [-0.2, 0) is 28.7 Å². The highest BCUT2D eigenvalue weighted by atomic mass is 16.5. The van der Waals surface area contributed by atoms with Gasteiger partial charge in [-0.05, 0) is 56.3 Å². The minimum atomic E-state index is -0.538. The van der Waals surface area contributed by atoms with E-state index in [0.717, 1.165) is 0 Å². The third kappa shape index (κ3) is 11.1. The second-order valence-electron chi connectivity index (χ2n) is 7.22. The summed E-state index contributed by atoms with van der Waals surface area (Å²) in [5.74, 6) is -2.23. The van der Waals surface area contributed by atoms with Gasteiger partial charge in [-0.15, -0.1) is 0 Å². The number of hydrogen-bond donors (Lipinski definition) is 3. The first kappa shape index (κ1) is 31.5. The molecule has 2 rings (SSSR count). The normalized spacial score (nSPS) is 9.33. The Morgan fingerprint density at radius 2 is 1.14 bits per heavy atom. The van der Waals surface area contributed by atoms with E-state index in [2.05, 4.69) is 20.1 Å². The maximum Gasteiger partial charge on any atom is 0.339 e. The second kappa shape index (κ2) is 15.4. The predicted molar refractivity (Wildman–Crippen MR) is 135 cm³/mol. The van der Waals surface area contributed by atoms with Crippen molar-refractivity contribution in [1.29, 1.82) is 0 Å². The number of carbonyl (C=O) groups excluding carboxylic acids is 6. The minimum absolute atomic E-state index is 0. The number of amides is 2. The van der Waals surface area contributed by atoms with Crippen LogP contribution in [0.4, 0.5) is 17.1 Å². The molecule has 0 aliphatic rings. The van der Waals surface area contributed by atoms with E-state index in [4.69, 9.17) is 5.73 Å². The number of anilines is 3. The maximum absolute atomic E-state index is 11.4. The summed E-state index contributed by atoms with van der Waals surface area (Å²) in [5.41, 5.74) is 7.34. The maximum atomic E-state index is 11.4. The smallest absolute Gasteiger partial charge is 0.339 e. The molecule has 11 heteroatoms. The third-order valence-electron chi connectivity index (χ3n) is 4.15. The number of esters is 2. The van der Waals surface area contributed by atoms with Gasteiger partial charge in [-0.3, -0.25) is 19.2 Å². The number of ketones is 2. The Hall–Kier alpha value is -4.54. The van der Waals surface area contributed by atoms with Gasteiger partial charge >= 0.3 is 11.9 Å². The van der Waals surface area contributed by atoms with Crippen molar-refractivity contribution in [2.24, 2.45) is 0 Å². The fraction of sp³-hybridized carbons (Fsp3) is 0.280. The predicted octanol–water partition coefficient (Wildman–Crippen LogP) is 3.00. The molecule has 0 bridgehead atoms. The Bertz CT molecular complexity index is 1060. The summed E-state index contributed by atoms with van der Waals surface area (Å²) in [6, 6.07) is 10.6. The first-order valence-electron chi connectivity index (χ1n) is 10.2. The number of Topliss-reactive ketones (excluding diaryl/α,β-unsaturated/α-hetero) is 2. The molecule has 0 spiro atoms. The summed E-state index contributed by atoms with van der Waals surface area (Å²) in [4.78, 5) is 66.6. The van der Waals surface area contributed by atoms with Gasteiger partial charge in [0.25, 0.3) is 0 Å². The van der Waals surface area contributed by atoms with Crippen molar-refractivity contribution in [1.82, 2.24) is 0 Å². The summed E-state index contributed by atoms with van der Waals surface area (Å²) in [6.45, 7) is 2.68. The van der Waals surface area contributed by atoms with Crippen LogP contribution in [0.25, 0.3) is 0 Å². The van der Waals surface area contributed by atoms with Gasteiger partial charge in [-0.1, -0.05) is 7.43 Å². The van der Waals surface area contributed by atoms with Crippen molar-refractivity contribution >= 4 is 52.4 Å². The van der Waals surface area contributed by atoms with E-state index >= 15 is 0 Å². The van der Waals surface area contributed by atoms with Gasteiger partial charge in [-0.2, -0.15) is 0 Å². The molecule has 36 heavy (non-hydrogen) atoms. The van der Waals surface area contributed by atoms with E-state index in [0.29, 0.717) is 16.9 Å². The van der Waals surface area contributed by atoms with Crippen molar-refractivity contribution < 1.29 is 38.2 Å². The highest BCUT2D eigenvalue weighted by Crippen LogP contribution is 2.16. The average molecular weight is 502 g/mol. The van der Waals surface area contributed by atoms with Crippen LogP contribution in [0, 0.1) is 0 Å². The Balaban J connectivity index is 0.000000687. The van der Waals surface area contributed by atoms with Crippen molar-refractivity contribution in [3.8, 4) is 0 Å². The average Bonchev–Trinajstić information content (AvgIpc) is 2.78. The lowest BCUT2D eigenvalue weighted by atomic mass is 10.1. The molecule has 0 aromatic heterocycles. The van der Waals surface area contributed by atoms with Crippen molar-refractivity contribution in [3.63, 3.8) is 0 Å². The van der Waals surface area contributed by atoms with E-state index in [1.807, 2.05) is 0 Å². The second-order valence-corrected chi connectivity index (χ2v) is 7.22. The number of carbonyl (C=O) groups is 6. The molecular weight excluding hydrogens is 470 g/mol. The van der Waals surface area contributed by atoms with Crippen molar-refractivity contribution in [3.05, 3.63) is 53.6 Å². The monoisotopic (exact) mass is 501 g/mol. The summed E-state index contributed by atoms with van der Waals surface area (Å²) in [7, 11) is 2.53. The minimum Gasteiger partial charge on any atom is -0.465 e. The van der Waals surface area contributed by atoms with Gasteiger partial charge in [0, 0.05) is 17.1 Å². The van der Waals surface area contributed by atoms with Crippen molar-refractivity contribution in [2.45, 2.75) is 34.1 Å².